The molecule has 1 aliphatic rings. The molecule has 0 fully saturated rings. The normalized spacial score (nSPS) is 12.8. The van der Waals surface area contributed by atoms with E-state index in [1.165, 1.54) is 24.5 Å². The van der Waals surface area contributed by atoms with E-state index in [0.717, 1.165) is 15.3 Å². The summed E-state index contributed by atoms with van der Waals surface area (Å²) in [4.78, 5) is 39.6. The number of amides is 3. The van der Waals surface area contributed by atoms with Gasteiger partial charge in [-0.2, -0.15) is 0 Å². The standard InChI is InChI=1S/C22H18N2O4S/c1-3-28-17-12-18(13-7-5-4-6-8-13)29-19(17)20(25)23-14-9-10-15-16(11-14)22(27)24(2)21(15)26/h4-12H,3H2,1-2H3,(H,23,25). The maximum atomic E-state index is 12.9. The van der Waals surface area contributed by atoms with Gasteiger partial charge in [0.25, 0.3) is 17.7 Å². The topological polar surface area (TPSA) is 75.7 Å². The SMILES string of the molecule is CCOc1cc(-c2ccccc2)sc1C(=O)Nc1ccc2c(c1)C(=O)N(C)C2=O. The van der Waals surface area contributed by atoms with Gasteiger partial charge >= 0.3 is 0 Å². The van der Waals surface area contributed by atoms with Crippen LogP contribution in [0.5, 0.6) is 5.75 Å². The molecule has 0 atom stereocenters. The third-order valence-electron chi connectivity index (χ3n) is 4.61. The van der Waals surface area contributed by atoms with Gasteiger partial charge in [-0.05, 0) is 36.8 Å². The van der Waals surface area contributed by atoms with E-state index in [1.54, 1.807) is 12.1 Å². The Morgan fingerprint density at radius 2 is 1.76 bits per heavy atom. The molecule has 0 aliphatic carbocycles. The van der Waals surface area contributed by atoms with Gasteiger partial charge in [0, 0.05) is 17.6 Å². The van der Waals surface area contributed by atoms with Crippen LogP contribution in [-0.4, -0.2) is 36.3 Å². The molecule has 0 radical (unpaired) electrons. The quantitative estimate of drug-likeness (QED) is 0.642. The molecule has 4 rings (SSSR count). The Morgan fingerprint density at radius 3 is 2.48 bits per heavy atom. The van der Waals surface area contributed by atoms with E-state index >= 15 is 0 Å². The highest BCUT2D eigenvalue weighted by Gasteiger charge is 2.33. The molecule has 0 spiro atoms. The molecule has 0 saturated carbocycles. The number of carbonyl (C=O) groups is 3. The van der Waals surface area contributed by atoms with Crippen molar-refractivity contribution in [3.05, 3.63) is 70.6 Å². The van der Waals surface area contributed by atoms with E-state index in [-0.39, 0.29) is 23.3 Å². The van der Waals surface area contributed by atoms with Gasteiger partial charge in [0.15, 0.2) is 0 Å². The largest absolute Gasteiger partial charge is 0.492 e. The number of nitrogens with zero attached hydrogens (tertiary/aromatic N) is 1. The third-order valence-corrected chi connectivity index (χ3v) is 5.77. The van der Waals surface area contributed by atoms with Crippen molar-refractivity contribution in [1.82, 2.24) is 4.90 Å². The van der Waals surface area contributed by atoms with E-state index < -0.39 is 0 Å². The lowest BCUT2D eigenvalue weighted by molar-refractivity contribution is 0.0692. The first-order valence-electron chi connectivity index (χ1n) is 9.09. The van der Waals surface area contributed by atoms with Crippen molar-refractivity contribution in [1.29, 1.82) is 0 Å². The Bertz CT molecular complexity index is 1120. The number of carbonyl (C=O) groups excluding carboxylic acids is 3. The zero-order valence-electron chi connectivity index (χ0n) is 15.9. The van der Waals surface area contributed by atoms with E-state index in [4.69, 9.17) is 4.74 Å². The van der Waals surface area contributed by atoms with Crippen molar-refractivity contribution < 1.29 is 19.1 Å². The molecule has 2 aromatic carbocycles. The highest BCUT2D eigenvalue weighted by molar-refractivity contribution is 7.17. The Kier molecular flexibility index (Phi) is 4.90. The van der Waals surface area contributed by atoms with Gasteiger partial charge in [0.1, 0.15) is 10.6 Å². The minimum atomic E-state index is -0.376. The second-order valence-electron chi connectivity index (χ2n) is 6.49. The average Bonchev–Trinajstić information content (AvgIpc) is 3.25. The molecule has 0 bridgehead atoms. The Labute approximate surface area is 171 Å². The number of anilines is 1. The summed E-state index contributed by atoms with van der Waals surface area (Å²) in [7, 11) is 1.44. The number of ether oxygens (including phenoxy) is 1. The monoisotopic (exact) mass is 406 g/mol. The fourth-order valence-corrected chi connectivity index (χ4v) is 4.17. The summed E-state index contributed by atoms with van der Waals surface area (Å²) >= 11 is 1.34. The molecule has 146 valence electrons. The number of fused-ring (bicyclic) bond motifs is 1. The lowest BCUT2D eigenvalue weighted by atomic mass is 10.1. The van der Waals surface area contributed by atoms with E-state index in [2.05, 4.69) is 5.32 Å². The van der Waals surface area contributed by atoms with Crippen LogP contribution < -0.4 is 10.1 Å². The number of hydrogen-bond acceptors (Lipinski definition) is 5. The summed E-state index contributed by atoms with van der Waals surface area (Å²) < 4.78 is 5.66. The Balaban J connectivity index is 1.63. The summed E-state index contributed by atoms with van der Waals surface area (Å²) in [5, 5.41) is 2.81. The first-order valence-corrected chi connectivity index (χ1v) is 9.91. The molecule has 3 amide bonds. The molecule has 6 nitrogen and oxygen atoms in total. The molecule has 1 N–H and O–H groups in total. The molecule has 0 saturated heterocycles. The van der Waals surface area contributed by atoms with Gasteiger partial charge in [-0.15, -0.1) is 11.3 Å². The van der Waals surface area contributed by atoms with Crippen molar-refractivity contribution in [2.24, 2.45) is 0 Å². The molecule has 0 unspecified atom stereocenters. The Morgan fingerprint density at radius 1 is 1.03 bits per heavy atom. The van der Waals surface area contributed by atoms with Gasteiger partial charge in [-0.3, -0.25) is 19.3 Å². The fraction of sp³-hybridized carbons (Fsp3) is 0.136. The van der Waals surface area contributed by atoms with Crippen molar-refractivity contribution in [3.63, 3.8) is 0 Å². The van der Waals surface area contributed by atoms with Crippen molar-refractivity contribution in [2.45, 2.75) is 6.92 Å². The van der Waals surface area contributed by atoms with Crippen LogP contribution in [0.25, 0.3) is 10.4 Å². The van der Waals surface area contributed by atoms with Crippen molar-refractivity contribution in [3.8, 4) is 16.2 Å². The van der Waals surface area contributed by atoms with E-state index in [0.29, 0.717) is 28.5 Å². The third kappa shape index (κ3) is 3.40. The van der Waals surface area contributed by atoms with Crippen LogP contribution >= 0.6 is 11.3 Å². The molecule has 1 aromatic heterocycles. The molecular weight excluding hydrogens is 388 g/mol. The second kappa shape index (κ2) is 7.52. The molecule has 2 heterocycles. The van der Waals surface area contributed by atoms with Gasteiger partial charge in [0.05, 0.1) is 17.7 Å². The van der Waals surface area contributed by atoms with Gasteiger partial charge in [-0.1, -0.05) is 30.3 Å². The van der Waals surface area contributed by atoms with Crippen molar-refractivity contribution in [2.75, 3.05) is 19.0 Å². The Hall–Kier alpha value is -3.45. The van der Waals surface area contributed by atoms with Crippen LogP contribution in [-0.2, 0) is 0 Å². The van der Waals surface area contributed by atoms with Gasteiger partial charge in [-0.25, -0.2) is 0 Å². The summed E-state index contributed by atoms with van der Waals surface area (Å²) in [5.74, 6) is -0.530. The maximum Gasteiger partial charge on any atom is 0.269 e. The summed E-state index contributed by atoms with van der Waals surface area (Å²) in [6.07, 6.45) is 0. The van der Waals surface area contributed by atoms with Crippen LogP contribution in [0.1, 0.15) is 37.3 Å². The summed E-state index contributed by atoms with van der Waals surface area (Å²) in [5.41, 5.74) is 2.08. The minimum absolute atomic E-state index is 0.288. The molecule has 7 heteroatoms. The summed E-state index contributed by atoms with van der Waals surface area (Å²) in [6.45, 7) is 2.30. The van der Waals surface area contributed by atoms with E-state index in [1.807, 2.05) is 43.3 Å². The van der Waals surface area contributed by atoms with Crippen LogP contribution in [0.2, 0.25) is 0 Å². The van der Waals surface area contributed by atoms with Crippen molar-refractivity contribution >= 4 is 34.7 Å². The van der Waals surface area contributed by atoms with Crippen LogP contribution in [0.15, 0.2) is 54.6 Å². The number of hydrogen-bond donors (Lipinski definition) is 1. The first-order chi connectivity index (χ1) is 14.0. The molecule has 1 aliphatic heterocycles. The minimum Gasteiger partial charge on any atom is -0.492 e. The van der Waals surface area contributed by atoms with Gasteiger partial charge < -0.3 is 10.1 Å². The first kappa shape index (κ1) is 18.9. The predicted octanol–water partition coefficient (Wildman–Crippen LogP) is 4.29. The predicted molar refractivity (Wildman–Crippen MR) is 112 cm³/mol. The summed E-state index contributed by atoms with van der Waals surface area (Å²) in [6, 6.07) is 16.3. The number of rotatable bonds is 5. The number of imide groups is 1. The zero-order valence-corrected chi connectivity index (χ0v) is 16.7. The van der Waals surface area contributed by atoms with Crippen LogP contribution in [0.3, 0.4) is 0 Å². The average molecular weight is 406 g/mol. The number of benzene rings is 2. The maximum absolute atomic E-state index is 12.9. The second-order valence-corrected chi connectivity index (χ2v) is 7.54. The fourth-order valence-electron chi connectivity index (χ4n) is 3.17. The van der Waals surface area contributed by atoms with Crippen LogP contribution in [0.4, 0.5) is 5.69 Å². The zero-order chi connectivity index (χ0) is 20.5. The number of thiophene rings is 1. The smallest absolute Gasteiger partial charge is 0.269 e. The lowest BCUT2D eigenvalue weighted by Gasteiger charge is -2.07. The van der Waals surface area contributed by atoms with Crippen LogP contribution in [0, 0.1) is 0 Å². The van der Waals surface area contributed by atoms with E-state index in [9.17, 15) is 14.4 Å². The molecular formula is C22H18N2O4S. The van der Waals surface area contributed by atoms with Gasteiger partial charge in [0.2, 0.25) is 0 Å². The lowest BCUT2D eigenvalue weighted by Crippen LogP contribution is -2.24. The highest BCUT2D eigenvalue weighted by atomic mass is 32.1. The molecule has 29 heavy (non-hydrogen) atoms. The highest BCUT2D eigenvalue weighted by Crippen LogP contribution is 2.37. The number of nitrogens with one attached hydrogen (secondary N) is 1. The molecule has 3 aromatic rings.